The lowest BCUT2D eigenvalue weighted by atomic mass is 10.1. The van der Waals surface area contributed by atoms with Crippen molar-refractivity contribution >= 4 is 27.3 Å². The molecular weight excluding hydrogens is 454 g/mol. The molecular formula is C25H27N3O5S. The standard InChI is InChI=1S/C25H27N3O5S/c1-18-10-13-22(14-11-18)34(30,31)28(23-15-12-21(32-3)16-24(23)33-4)17-25(29)27-26-19(2)20-8-6-5-7-9-20/h5-16H,17H2,1-4H3,(H,27,29)/b26-19-. The third kappa shape index (κ3) is 5.74. The number of amides is 1. The van der Waals surface area contributed by atoms with Crippen LogP contribution in [0.3, 0.4) is 0 Å². The van der Waals surface area contributed by atoms with Crippen LogP contribution in [0.15, 0.2) is 82.8 Å². The number of methoxy groups -OCH3 is 2. The van der Waals surface area contributed by atoms with Crippen LogP contribution in [0.2, 0.25) is 0 Å². The van der Waals surface area contributed by atoms with E-state index in [0.29, 0.717) is 11.5 Å². The summed E-state index contributed by atoms with van der Waals surface area (Å²) in [5.74, 6) is 0.122. The Morgan fingerprint density at radius 3 is 2.26 bits per heavy atom. The second-order valence-electron chi connectivity index (χ2n) is 7.46. The van der Waals surface area contributed by atoms with Crippen LogP contribution in [-0.2, 0) is 14.8 Å². The highest BCUT2D eigenvalue weighted by Gasteiger charge is 2.29. The first kappa shape index (κ1) is 24.8. The number of anilines is 1. The Labute approximate surface area is 199 Å². The molecule has 1 N–H and O–H groups in total. The number of nitrogens with zero attached hydrogens (tertiary/aromatic N) is 2. The fourth-order valence-corrected chi connectivity index (χ4v) is 4.62. The van der Waals surface area contributed by atoms with Crippen molar-refractivity contribution in [3.05, 3.63) is 83.9 Å². The Balaban J connectivity index is 1.97. The number of ether oxygens (including phenoxy) is 2. The highest BCUT2D eigenvalue weighted by molar-refractivity contribution is 7.92. The van der Waals surface area contributed by atoms with Gasteiger partial charge >= 0.3 is 0 Å². The number of hydrazone groups is 1. The van der Waals surface area contributed by atoms with Gasteiger partial charge < -0.3 is 9.47 Å². The zero-order chi connectivity index (χ0) is 24.7. The Hall–Kier alpha value is -3.85. The van der Waals surface area contributed by atoms with Crippen LogP contribution in [-0.4, -0.2) is 40.8 Å². The van der Waals surface area contributed by atoms with Gasteiger partial charge in [-0.15, -0.1) is 0 Å². The van der Waals surface area contributed by atoms with Crippen LogP contribution in [0.5, 0.6) is 11.5 Å². The molecule has 0 atom stereocenters. The highest BCUT2D eigenvalue weighted by Crippen LogP contribution is 2.35. The molecule has 178 valence electrons. The number of aryl methyl sites for hydroxylation is 1. The lowest BCUT2D eigenvalue weighted by Crippen LogP contribution is -2.40. The Kier molecular flexibility index (Phi) is 7.91. The molecule has 0 aliphatic heterocycles. The first-order valence-corrected chi connectivity index (χ1v) is 11.9. The Morgan fingerprint density at radius 1 is 0.971 bits per heavy atom. The molecule has 0 heterocycles. The topological polar surface area (TPSA) is 97.3 Å². The molecule has 0 aromatic heterocycles. The zero-order valence-electron chi connectivity index (χ0n) is 19.5. The first-order chi connectivity index (χ1) is 16.3. The van der Waals surface area contributed by atoms with Crippen molar-refractivity contribution in [2.45, 2.75) is 18.7 Å². The van der Waals surface area contributed by atoms with Crippen molar-refractivity contribution in [3.63, 3.8) is 0 Å². The van der Waals surface area contributed by atoms with Crippen LogP contribution in [0, 0.1) is 6.92 Å². The van der Waals surface area contributed by atoms with Crippen LogP contribution in [0.1, 0.15) is 18.1 Å². The molecule has 0 fully saturated rings. The van der Waals surface area contributed by atoms with E-state index in [1.807, 2.05) is 37.3 Å². The lowest BCUT2D eigenvalue weighted by Gasteiger charge is -2.25. The van der Waals surface area contributed by atoms with Crippen molar-refractivity contribution in [2.75, 3.05) is 25.1 Å². The lowest BCUT2D eigenvalue weighted by molar-refractivity contribution is -0.119. The van der Waals surface area contributed by atoms with Gasteiger partial charge in [-0.2, -0.15) is 5.10 Å². The van der Waals surface area contributed by atoms with E-state index in [1.54, 1.807) is 31.2 Å². The van der Waals surface area contributed by atoms with Gasteiger partial charge in [-0.3, -0.25) is 9.10 Å². The van der Waals surface area contributed by atoms with Gasteiger partial charge in [0, 0.05) is 6.07 Å². The summed E-state index contributed by atoms with van der Waals surface area (Å²) in [5, 5.41) is 4.12. The number of carbonyl (C=O) groups excluding carboxylic acids is 1. The summed E-state index contributed by atoms with van der Waals surface area (Å²) in [6, 6.07) is 20.4. The molecule has 3 rings (SSSR count). The maximum atomic E-state index is 13.6. The van der Waals surface area contributed by atoms with Gasteiger partial charge in [0.05, 0.1) is 30.5 Å². The summed E-state index contributed by atoms with van der Waals surface area (Å²) < 4.78 is 38.8. The number of hydrogen-bond acceptors (Lipinski definition) is 6. The van der Waals surface area contributed by atoms with Crippen LogP contribution in [0.4, 0.5) is 5.69 Å². The number of carbonyl (C=O) groups is 1. The minimum Gasteiger partial charge on any atom is -0.497 e. The Bertz CT molecular complexity index is 1270. The molecule has 1 amide bonds. The number of rotatable bonds is 9. The molecule has 3 aromatic carbocycles. The second-order valence-corrected chi connectivity index (χ2v) is 9.32. The van der Waals surface area contributed by atoms with Gasteiger partial charge in [0.25, 0.3) is 15.9 Å². The summed E-state index contributed by atoms with van der Waals surface area (Å²) >= 11 is 0. The molecule has 0 spiro atoms. The fraction of sp³-hybridized carbons (Fsp3) is 0.200. The van der Waals surface area contributed by atoms with Gasteiger partial charge in [0.1, 0.15) is 18.0 Å². The number of sulfonamides is 1. The smallest absolute Gasteiger partial charge is 0.264 e. The van der Waals surface area contributed by atoms with E-state index in [9.17, 15) is 13.2 Å². The molecule has 0 radical (unpaired) electrons. The molecule has 0 saturated carbocycles. The molecule has 0 aliphatic rings. The minimum absolute atomic E-state index is 0.0488. The normalized spacial score (nSPS) is 11.6. The number of benzene rings is 3. The highest BCUT2D eigenvalue weighted by atomic mass is 32.2. The summed E-state index contributed by atoms with van der Waals surface area (Å²) in [4.78, 5) is 12.9. The zero-order valence-corrected chi connectivity index (χ0v) is 20.3. The fourth-order valence-electron chi connectivity index (χ4n) is 3.18. The van der Waals surface area contributed by atoms with Gasteiger partial charge in [-0.05, 0) is 43.7 Å². The van der Waals surface area contributed by atoms with Gasteiger partial charge in [0.2, 0.25) is 0 Å². The largest absolute Gasteiger partial charge is 0.497 e. The predicted molar refractivity (Wildman–Crippen MR) is 132 cm³/mol. The van der Waals surface area contributed by atoms with Gasteiger partial charge in [-0.25, -0.2) is 13.8 Å². The van der Waals surface area contributed by atoms with Gasteiger partial charge in [0.15, 0.2) is 0 Å². The van der Waals surface area contributed by atoms with E-state index in [2.05, 4.69) is 10.5 Å². The molecule has 0 unspecified atom stereocenters. The van der Waals surface area contributed by atoms with Crippen LogP contribution in [0.25, 0.3) is 0 Å². The maximum absolute atomic E-state index is 13.6. The van der Waals surface area contributed by atoms with Crippen molar-refractivity contribution in [3.8, 4) is 11.5 Å². The van der Waals surface area contributed by atoms with Crippen LogP contribution >= 0.6 is 0 Å². The summed E-state index contributed by atoms with van der Waals surface area (Å²) in [6.07, 6.45) is 0. The van der Waals surface area contributed by atoms with E-state index in [4.69, 9.17) is 9.47 Å². The molecule has 34 heavy (non-hydrogen) atoms. The van der Waals surface area contributed by atoms with Crippen molar-refractivity contribution in [1.29, 1.82) is 0 Å². The van der Waals surface area contributed by atoms with Crippen LogP contribution < -0.4 is 19.2 Å². The first-order valence-electron chi connectivity index (χ1n) is 10.5. The average Bonchev–Trinajstić information content (AvgIpc) is 2.86. The third-order valence-corrected chi connectivity index (χ3v) is 6.87. The monoisotopic (exact) mass is 481 g/mol. The summed E-state index contributed by atoms with van der Waals surface area (Å²) in [6.45, 7) is 3.11. The minimum atomic E-state index is -4.11. The molecule has 0 bridgehead atoms. The molecule has 9 heteroatoms. The third-order valence-electron chi connectivity index (χ3n) is 5.09. The van der Waals surface area contributed by atoms with Crippen molar-refractivity contribution in [2.24, 2.45) is 5.10 Å². The molecule has 0 aliphatic carbocycles. The maximum Gasteiger partial charge on any atom is 0.264 e. The SMILES string of the molecule is COc1ccc(N(CC(=O)N/N=C(/C)c2ccccc2)S(=O)(=O)c2ccc(C)cc2)c(OC)c1. The second kappa shape index (κ2) is 10.8. The van der Waals surface area contributed by atoms with E-state index >= 15 is 0 Å². The average molecular weight is 482 g/mol. The van der Waals surface area contributed by atoms with E-state index in [1.165, 1.54) is 32.4 Å². The van der Waals surface area contributed by atoms with Crippen molar-refractivity contribution < 1.29 is 22.7 Å². The van der Waals surface area contributed by atoms with E-state index in [0.717, 1.165) is 15.4 Å². The summed E-state index contributed by atoms with van der Waals surface area (Å²) in [5.41, 5.74) is 4.99. The molecule has 3 aromatic rings. The van der Waals surface area contributed by atoms with Crippen molar-refractivity contribution in [1.82, 2.24) is 5.43 Å². The summed E-state index contributed by atoms with van der Waals surface area (Å²) in [7, 11) is -1.19. The predicted octanol–water partition coefficient (Wildman–Crippen LogP) is 3.75. The number of hydrogen-bond donors (Lipinski definition) is 1. The molecule has 0 saturated heterocycles. The molecule has 8 nitrogen and oxygen atoms in total. The van der Waals surface area contributed by atoms with Gasteiger partial charge in [-0.1, -0.05) is 48.0 Å². The quantitative estimate of drug-likeness (QED) is 0.371. The number of nitrogens with one attached hydrogen (secondary N) is 1. The van der Waals surface area contributed by atoms with E-state index in [-0.39, 0.29) is 16.3 Å². The van der Waals surface area contributed by atoms with E-state index < -0.39 is 22.5 Å². The Morgan fingerprint density at radius 2 is 1.65 bits per heavy atom.